The summed E-state index contributed by atoms with van der Waals surface area (Å²) in [6.07, 6.45) is 0. The molecular weight excluding hydrogens is 244 g/mol. The van der Waals surface area contributed by atoms with Gasteiger partial charge in [-0.05, 0) is 42.3 Å². The molecule has 0 radical (unpaired) electrons. The van der Waals surface area contributed by atoms with Gasteiger partial charge in [-0.25, -0.2) is 0 Å². The topological polar surface area (TPSA) is 29.3 Å². The average molecular weight is 261 g/mol. The molecule has 2 nitrogen and oxygen atoms in total. The second-order valence-corrected chi connectivity index (χ2v) is 4.96. The Kier molecular flexibility index (Phi) is 3.78. The number of hydrogen-bond acceptors (Lipinski definition) is 2. The zero-order chi connectivity index (χ0) is 13.1. The third kappa shape index (κ3) is 2.96. The molecule has 0 atom stereocenters. The van der Waals surface area contributed by atoms with E-state index in [4.69, 9.17) is 17.3 Å². The lowest BCUT2D eigenvalue weighted by Crippen LogP contribution is -2.16. The van der Waals surface area contributed by atoms with Gasteiger partial charge in [0.05, 0.1) is 10.7 Å². The average Bonchev–Trinajstić information content (AvgIpc) is 2.34. The van der Waals surface area contributed by atoms with Crippen LogP contribution in [0.25, 0.3) is 0 Å². The molecule has 0 fully saturated rings. The van der Waals surface area contributed by atoms with E-state index in [9.17, 15) is 0 Å². The van der Waals surface area contributed by atoms with Gasteiger partial charge in [-0.15, -0.1) is 0 Å². The van der Waals surface area contributed by atoms with Crippen LogP contribution in [0.5, 0.6) is 0 Å². The number of halogens is 1. The van der Waals surface area contributed by atoms with Crippen LogP contribution in [-0.4, -0.2) is 7.05 Å². The fourth-order valence-electron chi connectivity index (χ4n) is 1.92. The Bertz CT molecular complexity index is 552. The highest BCUT2D eigenvalue weighted by atomic mass is 35.5. The van der Waals surface area contributed by atoms with Crippen molar-refractivity contribution >= 4 is 23.0 Å². The first kappa shape index (κ1) is 12.8. The predicted molar refractivity (Wildman–Crippen MR) is 79.2 cm³/mol. The largest absolute Gasteiger partial charge is 0.398 e. The SMILES string of the molecule is Cc1cccc(N(C)Cc2ccc(Cl)c(N)c2)c1. The van der Waals surface area contributed by atoms with Crippen molar-refractivity contribution in [1.82, 2.24) is 0 Å². The summed E-state index contributed by atoms with van der Waals surface area (Å²) in [5.41, 5.74) is 10.1. The van der Waals surface area contributed by atoms with Crippen molar-refractivity contribution in [3.05, 3.63) is 58.6 Å². The summed E-state index contributed by atoms with van der Waals surface area (Å²) < 4.78 is 0. The number of benzene rings is 2. The second-order valence-electron chi connectivity index (χ2n) is 4.55. The Morgan fingerprint density at radius 1 is 1.17 bits per heavy atom. The monoisotopic (exact) mass is 260 g/mol. The Morgan fingerprint density at radius 3 is 2.61 bits per heavy atom. The quantitative estimate of drug-likeness (QED) is 0.849. The van der Waals surface area contributed by atoms with E-state index in [2.05, 4.69) is 43.1 Å². The lowest BCUT2D eigenvalue weighted by atomic mass is 10.1. The number of nitrogens with zero attached hydrogens (tertiary/aromatic N) is 1. The Balaban J connectivity index is 2.16. The Hall–Kier alpha value is -1.67. The lowest BCUT2D eigenvalue weighted by molar-refractivity contribution is 0.922. The van der Waals surface area contributed by atoms with Crippen LogP contribution in [0.15, 0.2) is 42.5 Å². The molecule has 2 aromatic rings. The van der Waals surface area contributed by atoms with Crippen molar-refractivity contribution < 1.29 is 0 Å². The van der Waals surface area contributed by atoms with Crippen LogP contribution in [0.4, 0.5) is 11.4 Å². The molecule has 2 N–H and O–H groups in total. The summed E-state index contributed by atoms with van der Waals surface area (Å²) in [5.74, 6) is 0. The van der Waals surface area contributed by atoms with Gasteiger partial charge in [0.1, 0.15) is 0 Å². The van der Waals surface area contributed by atoms with Gasteiger partial charge < -0.3 is 10.6 Å². The van der Waals surface area contributed by atoms with E-state index < -0.39 is 0 Å². The van der Waals surface area contributed by atoms with E-state index >= 15 is 0 Å². The molecule has 0 saturated heterocycles. The number of anilines is 2. The van der Waals surface area contributed by atoms with E-state index in [-0.39, 0.29) is 0 Å². The summed E-state index contributed by atoms with van der Waals surface area (Å²) in [7, 11) is 2.07. The number of hydrogen-bond donors (Lipinski definition) is 1. The molecule has 0 aliphatic heterocycles. The number of nitrogen functional groups attached to an aromatic ring is 1. The van der Waals surface area contributed by atoms with Gasteiger partial charge in [0.15, 0.2) is 0 Å². The maximum absolute atomic E-state index is 5.92. The van der Waals surface area contributed by atoms with Gasteiger partial charge >= 0.3 is 0 Å². The summed E-state index contributed by atoms with van der Waals surface area (Å²) >= 11 is 5.92. The number of nitrogens with two attached hydrogens (primary N) is 1. The fourth-order valence-corrected chi connectivity index (χ4v) is 2.04. The van der Waals surface area contributed by atoms with Crippen molar-refractivity contribution in [2.45, 2.75) is 13.5 Å². The van der Waals surface area contributed by atoms with Crippen molar-refractivity contribution in [2.75, 3.05) is 17.7 Å². The maximum atomic E-state index is 5.92. The van der Waals surface area contributed by atoms with Crippen molar-refractivity contribution in [3.8, 4) is 0 Å². The molecule has 0 aliphatic carbocycles. The van der Waals surface area contributed by atoms with Crippen LogP contribution in [-0.2, 0) is 6.54 Å². The highest BCUT2D eigenvalue weighted by molar-refractivity contribution is 6.33. The van der Waals surface area contributed by atoms with Crippen LogP contribution >= 0.6 is 11.6 Å². The summed E-state index contributed by atoms with van der Waals surface area (Å²) in [5, 5.41) is 0.608. The van der Waals surface area contributed by atoms with Gasteiger partial charge in [-0.3, -0.25) is 0 Å². The van der Waals surface area contributed by atoms with Crippen LogP contribution in [0, 0.1) is 6.92 Å². The minimum absolute atomic E-state index is 0.608. The highest BCUT2D eigenvalue weighted by Gasteiger charge is 2.04. The molecule has 2 rings (SSSR count). The molecule has 18 heavy (non-hydrogen) atoms. The smallest absolute Gasteiger partial charge is 0.0635 e. The van der Waals surface area contributed by atoms with Crippen LogP contribution in [0.1, 0.15) is 11.1 Å². The Labute approximate surface area is 113 Å². The summed E-state index contributed by atoms with van der Waals surface area (Å²) in [6.45, 7) is 2.91. The number of aryl methyl sites for hydroxylation is 1. The first-order chi connectivity index (χ1) is 8.56. The number of rotatable bonds is 3. The highest BCUT2D eigenvalue weighted by Crippen LogP contribution is 2.22. The maximum Gasteiger partial charge on any atom is 0.0635 e. The van der Waals surface area contributed by atoms with Crippen LogP contribution < -0.4 is 10.6 Å². The summed E-state index contributed by atoms with van der Waals surface area (Å²) in [4.78, 5) is 2.19. The van der Waals surface area contributed by atoms with Gasteiger partial charge in [0.2, 0.25) is 0 Å². The molecule has 0 heterocycles. The van der Waals surface area contributed by atoms with Gasteiger partial charge in [-0.1, -0.05) is 29.8 Å². The molecule has 0 aromatic heterocycles. The van der Waals surface area contributed by atoms with Gasteiger partial charge in [0.25, 0.3) is 0 Å². The molecular formula is C15H17ClN2. The predicted octanol–water partition coefficient (Wildman–Crippen LogP) is 3.87. The summed E-state index contributed by atoms with van der Waals surface area (Å²) in [6, 6.07) is 14.2. The normalized spacial score (nSPS) is 10.4. The zero-order valence-corrected chi connectivity index (χ0v) is 11.4. The molecule has 94 valence electrons. The van der Waals surface area contributed by atoms with Crippen molar-refractivity contribution in [3.63, 3.8) is 0 Å². The minimum atomic E-state index is 0.608. The lowest BCUT2D eigenvalue weighted by Gasteiger charge is -2.20. The fraction of sp³-hybridized carbons (Fsp3) is 0.200. The van der Waals surface area contributed by atoms with Crippen molar-refractivity contribution in [2.24, 2.45) is 0 Å². The molecule has 2 aromatic carbocycles. The van der Waals surface area contributed by atoms with E-state index in [1.165, 1.54) is 11.3 Å². The van der Waals surface area contributed by atoms with E-state index in [1.54, 1.807) is 0 Å². The first-order valence-electron chi connectivity index (χ1n) is 5.88. The van der Waals surface area contributed by atoms with Gasteiger partial charge in [0, 0.05) is 19.3 Å². The molecule has 0 unspecified atom stereocenters. The third-order valence-corrected chi connectivity index (χ3v) is 3.27. The van der Waals surface area contributed by atoms with Crippen LogP contribution in [0.3, 0.4) is 0 Å². The molecule has 0 amide bonds. The molecule has 3 heteroatoms. The van der Waals surface area contributed by atoms with E-state index in [0.29, 0.717) is 10.7 Å². The second kappa shape index (κ2) is 5.32. The van der Waals surface area contributed by atoms with Crippen molar-refractivity contribution in [1.29, 1.82) is 0 Å². The zero-order valence-electron chi connectivity index (χ0n) is 10.7. The first-order valence-corrected chi connectivity index (χ1v) is 6.26. The molecule has 0 saturated carbocycles. The molecule has 0 aliphatic rings. The molecule has 0 spiro atoms. The third-order valence-electron chi connectivity index (χ3n) is 2.92. The Morgan fingerprint density at radius 2 is 1.94 bits per heavy atom. The molecule has 0 bridgehead atoms. The standard InChI is InChI=1S/C15H17ClN2/c1-11-4-3-5-13(8-11)18(2)10-12-6-7-14(16)15(17)9-12/h3-9H,10,17H2,1-2H3. The van der Waals surface area contributed by atoms with Crippen LogP contribution in [0.2, 0.25) is 5.02 Å². The van der Waals surface area contributed by atoms with E-state index in [1.807, 2.05) is 18.2 Å². The minimum Gasteiger partial charge on any atom is -0.398 e. The van der Waals surface area contributed by atoms with E-state index in [0.717, 1.165) is 12.1 Å². The van der Waals surface area contributed by atoms with Gasteiger partial charge in [-0.2, -0.15) is 0 Å².